The van der Waals surface area contributed by atoms with Crippen molar-refractivity contribution in [2.24, 2.45) is 0 Å². The Kier molecular flexibility index (Phi) is 4.13. The number of rotatable bonds is 4. The summed E-state index contributed by atoms with van der Waals surface area (Å²) in [6.07, 6.45) is 1.54. The van der Waals surface area contributed by atoms with Crippen LogP contribution in [0.3, 0.4) is 0 Å². The summed E-state index contributed by atoms with van der Waals surface area (Å²) in [6.45, 7) is 0. The van der Waals surface area contributed by atoms with E-state index in [1.807, 2.05) is 0 Å². The van der Waals surface area contributed by atoms with Gasteiger partial charge in [-0.2, -0.15) is 5.10 Å². The molecule has 0 aliphatic rings. The topological polar surface area (TPSA) is 83.8 Å². The van der Waals surface area contributed by atoms with Crippen molar-refractivity contribution in [2.75, 3.05) is 11.2 Å². The van der Waals surface area contributed by atoms with Gasteiger partial charge < -0.3 is 9.73 Å². The Labute approximate surface area is 135 Å². The number of nitrogens with one attached hydrogen (secondary N) is 2. The molecule has 0 aliphatic heterocycles. The standard InChI is InChI=1S/C14H10Cl2N4O2/c15-7-12(21)17-10-4-3-8(16)6-9(10)13-18-14(20-19-13)11-2-1-5-22-11/h1-6H,7H2,(H,17,21)(H,18,19,20). The molecule has 1 amide bonds. The number of aromatic nitrogens is 3. The van der Waals surface area contributed by atoms with Crippen molar-refractivity contribution in [3.8, 4) is 23.0 Å². The molecule has 0 atom stereocenters. The highest BCUT2D eigenvalue weighted by molar-refractivity contribution is 6.31. The Morgan fingerprint density at radius 1 is 1.36 bits per heavy atom. The summed E-state index contributed by atoms with van der Waals surface area (Å²) in [5.41, 5.74) is 1.11. The van der Waals surface area contributed by atoms with Crippen molar-refractivity contribution in [1.82, 2.24) is 15.2 Å². The number of anilines is 1. The van der Waals surface area contributed by atoms with Gasteiger partial charge in [0.05, 0.1) is 12.0 Å². The van der Waals surface area contributed by atoms with Gasteiger partial charge in [-0.3, -0.25) is 9.89 Å². The van der Waals surface area contributed by atoms with Crippen LogP contribution in [0.4, 0.5) is 5.69 Å². The fourth-order valence-corrected chi connectivity index (χ4v) is 2.14. The van der Waals surface area contributed by atoms with Crippen LogP contribution in [0.5, 0.6) is 0 Å². The molecule has 0 aliphatic carbocycles. The lowest BCUT2D eigenvalue weighted by Crippen LogP contribution is -2.13. The van der Waals surface area contributed by atoms with Gasteiger partial charge in [0.1, 0.15) is 5.88 Å². The number of amides is 1. The minimum atomic E-state index is -0.327. The number of carbonyl (C=O) groups excluding carboxylic acids is 1. The number of halogens is 2. The molecule has 0 unspecified atom stereocenters. The molecule has 3 aromatic rings. The Bertz CT molecular complexity index is 799. The summed E-state index contributed by atoms with van der Waals surface area (Å²) in [5, 5.41) is 10.1. The highest BCUT2D eigenvalue weighted by Crippen LogP contribution is 2.29. The van der Waals surface area contributed by atoms with Gasteiger partial charge in [-0.25, -0.2) is 4.98 Å². The number of hydrogen-bond donors (Lipinski definition) is 2. The van der Waals surface area contributed by atoms with E-state index in [0.29, 0.717) is 33.7 Å². The van der Waals surface area contributed by atoms with Gasteiger partial charge in [0.25, 0.3) is 0 Å². The van der Waals surface area contributed by atoms with Crippen LogP contribution in [0, 0.1) is 0 Å². The molecular formula is C14H10Cl2N4O2. The van der Waals surface area contributed by atoms with Crippen LogP contribution >= 0.6 is 23.2 Å². The van der Waals surface area contributed by atoms with E-state index in [4.69, 9.17) is 27.6 Å². The molecule has 2 heterocycles. The van der Waals surface area contributed by atoms with Gasteiger partial charge in [-0.05, 0) is 30.3 Å². The number of H-pyrrole nitrogens is 1. The van der Waals surface area contributed by atoms with Crippen LogP contribution in [0.15, 0.2) is 41.0 Å². The highest BCUT2D eigenvalue weighted by atomic mass is 35.5. The monoisotopic (exact) mass is 336 g/mol. The minimum Gasteiger partial charge on any atom is -0.461 e. The highest BCUT2D eigenvalue weighted by Gasteiger charge is 2.15. The molecule has 0 spiro atoms. The van der Waals surface area contributed by atoms with Gasteiger partial charge in [0.2, 0.25) is 5.91 Å². The Morgan fingerprint density at radius 3 is 2.95 bits per heavy atom. The average Bonchev–Trinajstić information content (AvgIpc) is 3.19. The quantitative estimate of drug-likeness (QED) is 0.713. The molecule has 0 saturated carbocycles. The fourth-order valence-electron chi connectivity index (χ4n) is 1.90. The van der Waals surface area contributed by atoms with Crippen molar-refractivity contribution in [3.63, 3.8) is 0 Å². The van der Waals surface area contributed by atoms with Gasteiger partial charge in [0, 0.05) is 10.6 Å². The van der Waals surface area contributed by atoms with Gasteiger partial charge >= 0.3 is 0 Å². The zero-order chi connectivity index (χ0) is 15.5. The van der Waals surface area contributed by atoms with E-state index < -0.39 is 0 Å². The maximum Gasteiger partial charge on any atom is 0.239 e. The van der Waals surface area contributed by atoms with E-state index in [2.05, 4.69) is 20.5 Å². The van der Waals surface area contributed by atoms with Crippen molar-refractivity contribution >= 4 is 34.8 Å². The first kappa shape index (κ1) is 14.6. The van der Waals surface area contributed by atoms with Crippen molar-refractivity contribution in [1.29, 1.82) is 0 Å². The predicted octanol–water partition coefficient (Wildman–Crippen LogP) is 3.56. The first-order valence-electron chi connectivity index (χ1n) is 6.29. The molecule has 2 N–H and O–H groups in total. The molecule has 2 aromatic heterocycles. The SMILES string of the molecule is O=C(CCl)Nc1ccc(Cl)cc1-c1n[nH]c(-c2ccco2)n1. The minimum absolute atomic E-state index is 0.145. The smallest absolute Gasteiger partial charge is 0.239 e. The lowest BCUT2D eigenvalue weighted by atomic mass is 10.1. The van der Waals surface area contributed by atoms with Crippen LogP contribution in [-0.2, 0) is 4.79 Å². The first-order chi connectivity index (χ1) is 10.7. The van der Waals surface area contributed by atoms with Crippen LogP contribution in [0.25, 0.3) is 23.0 Å². The Morgan fingerprint density at radius 2 is 2.23 bits per heavy atom. The second-order valence-corrected chi connectivity index (χ2v) is 5.06. The molecule has 0 radical (unpaired) electrons. The van der Waals surface area contributed by atoms with E-state index in [1.54, 1.807) is 36.6 Å². The second-order valence-electron chi connectivity index (χ2n) is 4.36. The molecule has 3 rings (SSSR count). The second kappa shape index (κ2) is 6.21. The molecule has 0 saturated heterocycles. The van der Waals surface area contributed by atoms with Gasteiger partial charge in [0.15, 0.2) is 17.4 Å². The van der Waals surface area contributed by atoms with Crippen molar-refractivity contribution in [2.45, 2.75) is 0 Å². The maximum absolute atomic E-state index is 11.5. The maximum atomic E-state index is 11.5. The Hall–Kier alpha value is -2.31. The number of carbonyl (C=O) groups is 1. The molecule has 8 heteroatoms. The summed E-state index contributed by atoms with van der Waals surface area (Å²) in [4.78, 5) is 15.9. The van der Waals surface area contributed by atoms with Crippen LogP contribution in [0.1, 0.15) is 0 Å². The van der Waals surface area contributed by atoms with Crippen LogP contribution in [-0.4, -0.2) is 27.0 Å². The predicted molar refractivity (Wildman–Crippen MR) is 83.9 cm³/mol. The molecule has 6 nitrogen and oxygen atoms in total. The third-order valence-corrected chi connectivity index (χ3v) is 3.34. The number of alkyl halides is 1. The zero-order valence-electron chi connectivity index (χ0n) is 11.1. The fraction of sp³-hybridized carbons (Fsp3) is 0.0714. The van der Waals surface area contributed by atoms with E-state index in [1.165, 1.54) is 0 Å². The number of furan rings is 1. The molecular weight excluding hydrogens is 327 g/mol. The third kappa shape index (κ3) is 2.98. The summed E-state index contributed by atoms with van der Waals surface area (Å²) in [6, 6.07) is 8.52. The van der Waals surface area contributed by atoms with E-state index in [-0.39, 0.29) is 11.8 Å². The van der Waals surface area contributed by atoms with E-state index in [9.17, 15) is 4.79 Å². The summed E-state index contributed by atoms with van der Waals surface area (Å²) >= 11 is 11.5. The van der Waals surface area contributed by atoms with E-state index >= 15 is 0 Å². The largest absolute Gasteiger partial charge is 0.461 e. The van der Waals surface area contributed by atoms with Gasteiger partial charge in [-0.1, -0.05) is 11.6 Å². The molecule has 1 aromatic carbocycles. The number of aromatic amines is 1. The lowest BCUT2D eigenvalue weighted by Gasteiger charge is -2.08. The molecule has 0 bridgehead atoms. The van der Waals surface area contributed by atoms with Crippen molar-refractivity contribution < 1.29 is 9.21 Å². The molecule has 22 heavy (non-hydrogen) atoms. The number of hydrogen-bond acceptors (Lipinski definition) is 4. The number of nitrogens with zero attached hydrogens (tertiary/aromatic N) is 2. The molecule has 112 valence electrons. The summed E-state index contributed by atoms with van der Waals surface area (Å²) in [5.74, 6) is 0.959. The normalized spacial score (nSPS) is 10.6. The van der Waals surface area contributed by atoms with Crippen LogP contribution < -0.4 is 5.32 Å². The summed E-state index contributed by atoms with van der Waals surface area (Å²) in [7, 11) is 0. The van der Waals surface area contributed by atoms with Crippen molar-refractivity contribution in [3.05, 3.63) is 41.6 Å². The number of benzene rings is 1. The third-order valence-electron chi connectivity index (χ3n) is 2.86. The van der Waals surface area contributed by atoms with Gasteiger partial charge in [-0.15, -0.1) is 11.6 Å². The average molecular weight is 337 g/mol. The molecule has 0 fully saturated rings. The van der Waals surface area contributed by atoms with E-state index in [0.717, 1.165) is 0 Å². The zero-order valence-corrected chi connectivity index (χ0v) is 12.6. The lowest BCUT2D eigenvalue weighted by molar-refractivity contribution is -0.113. The first-order valence-corrected chi connectivity index (χ1v) is 7.20. The Balaban J connectivity index is 2.00. The summed E-state index contributed by atoms with van der Waals surface area (Å²) < 4.78 is 5.26. The van der Waals surface area contributed by atoms with Crippen LogP contribution in [0.2, 0.25) is 5.02 Å².